The number of aliphatic hydroxyl groups excluding tert-OH is 1. The molecular weight excluding hydrogens is 124 g/mol. The molecule has 0 aromatic rings. The van der Waals surface area contributed by atoms with Crippen molar-refractivity contribution in [3.05, 3.63) is 12.7 Å². The van der Waals surface area contributed by atoms with Crippen LogP contribution in [-0.2, 0) is 0 Å². The molecule has 1 fully saturated rings. The molecule has 0 spiro atoms. The molecular formula is C9H16O. The summed E-state index contributed by atoms with van der Waals surface area (Å²) in [5, 5.41) is 9.54. The van der Waals surface area contributed by atoms with E-state index in [-0.39, 0.29) is 6.10 Å². The molecule has 58 valence electrons. The highest BCUT2D eigenvalue weighted by atomic mass is 16.3. The molecule has 10 heavy (non-hydrogen) atoms. The summed E-state index contributed by atoms with van der Waals surface area (Å²) in [6, 6.07) is 0. The van der Waals surface area contributed by atoms with E-state index in [2.05, 4.69) is 13.5 Å². The molecule has 0 aromatic carbocycles. The second-order valence-corrected chi connectivity index (χ2v) is 3.33. The first-order valence-corrected chi connectivity index (χ1v) is 4.04. The summed E-state index contributed by atoms with van der Waals surface area (Å²) in [5.74, 6) is 1.01. The summed E-state index contributed by atoms with van der Waals surface area (Å²) in [6.45, 7) is 5.74. The van der Waals surface area contributed by atoms with Crippen LogP contribution in [0.4, 0.5) is 0 Å². The first-order chi connectivity index (χ1) is 4.75. The SMILES string of the molecule is C=CCC(C)C(O)C1CC1. The number of hydrogen-bond donors (Lipinski definition) is 1. The van der Waals surface area contributed by atoms with Crippen LogP contribution in [0.15, 0.2) is 12.7 Å². The molecule has 2 unspecified atom stereocenters. The van der Waals surface area contributed by atoms with Crippen molar-refractivity contribution in [2.45, 2.75) is 32.3 Å². The van der Waals surface area contributed by atoms with Crippen LogP contribution in [0.3, 0.4) is 0 Å². The Morgan fingerprint density at radius 3 is 2.70 bits per heavy atom. The third-order valence-corrected chi connectivity index (χ3v) is 2.23. The molecule has 0 amide bonds. The maximum Gasteiger partial charge on any atom is 0.0596 e. The Labute approximate surface area is 62.8 Å². The van der Waals surface area contributed by atoms with Crippen LogP contribution in [0.25, 0.3) is 0 Å². The summed E-state index contributed by atoms with van der Waals surface area (Å²) in [4.78, 5) is 0. The van der Waals surface area contributed by atoms with Crippen molar-refractivity contribution in [3.63, 3.8) is 0 Å². The molecule has 0 aliphatic heterocycles. The number of allylic oxidation sites excluding steroid dienone is 1. The predicted octanol–water partition coefficient (Wildman–Crippen LogP) is 1.97. The van der Waals surface area contributed by atoms with Gasteiger partial charge in [0.05, 0.1) is 6.10 Å². The Kier molecular flexibility index (Phi) is 2.50. The average molecular weight is 140 g/mol. The topological polar surface area (TPSA) is 20.2 Å². The van der Waals surface area contributed by atoms with E-state index in [9.17, 15) is 5.11 Å². The van der Waals surface area contributed by atoms with Crippen LogP contribution in [0.5, 0.6) is 0 Å². The van der Waals surface area contributed by atoms with Crippen LogP contribution in [0.2, 0.25) is 0 Å². The quantitative estimate of drug-likeness (QED) is 0.592. The molecule has 1 rings (SSSR count). The van der Waals surface area contributed by atoms with Crippen molar-refractivity contribution in [2.75, 3.05) is 0 Å². The molecule has 1 heteroatoms. The monoisotopic (exact) mass is 140 g/mol. The van der Waals surface area contributed by atoms with Crippen LogP contribution in [0.1, 0.15) is 26.2 Å². The highest BCUT2D eigenvalue weighted by Crippen LogP contribution is 2.36. The molecule has 0 aromatic heterocycles. The highest BCUT2D eigenvalue weighted by Gasteiger charge is 2.32. The van der Waals surface area contributed by atoms with Crippen molar-refractivity contribution < 1.29 is 5.11 Å². The van der Waals surface area contributed by atoms with E-state index in [1.165, 1.54) is 12.8 Å². The van der Waals surface area contributed by atoms with E-state index >= 15 is 0 Å². The molecule has 0 heterocycles. The van der Waals surface area contributed by atoms with Gasteiger partial charge in [-0.1, -0.05) is 13.0 Å². The lowest BCUT2D eigenvalue weighted by Gasteiger charge is -2.15. The number of hydrogen-bond acceptors (Lipinski definition) is 1. The molecule has 1 aliphatic rings. The Morgan fingerprint density at radius 2 is 2.30 bits per heavy atom. The van der Waals surface area contributed by atoms with Gasteiger partial charge in [-0.3, -0.25) is 0 Å². The lowest BCUT2D eigenvalue weighted by atomic mass is 9.97. The summed E-state index contributed by atoms with van der Waals surface area (Å²) in [6.07, 6.45) is 5.21. The lowest BCUT2D eigenvalue weighted by molar-refractivity contribution is 0.0962. The van der Waals surface area contributed by atoms with Gasteiger partial charge in [0, 0.05) is 0 Å². The third-order valence-electron chi connectivity index (χ3n) is 2.23. The van der Waals surface area contributed by atoms with E-state index in [1.807, 2.05) is 6.08 Å². The zero-order valence-electron chi connectivity index (χ0n) is 6.59. The first-order valence-electron chi connectivity index (χ1n) is 4.04. The van der Waals surface area contributed by atoms with Gasteiger partial charge < -0.3 is 5.11 Å². The number of rotatable bonds is 4. The Morgan fingerprint density at radius 1 is 1.70 bits per heavy atom. The molecule has 1 aliphatic carbocycles. The fourth-order valence-corrected chi connectivity index (χ4v) is 1.30. The molecule has 0 bridgehead atoms. The van der Waals surface area contributed by atoms with E-state index in [1.54, 1.807) is 0 Å². The van der Waals surface area contributed by atoms with Gasteiger partial charge in [-0.2, -0.15) is 0 Å². The summed E-state index contributed by atoms with van der Waals surface area (Å²) >= 11 is 0. The number of aliphatic hydroxyl groups is 1. The smallest absolute Gasteiger partial charge is 0.0596 e. The molecule has 1 nitrogen and oxygen atoms in total. The zero-order valence-corrected chi connectivity index (χ0v) is 6.59. The normalized spacial score (nSPS) is 23.8. The van der Waals surface area contributed by atoms with Gasteiger partial charge >= 0.3 is 0 Å². The average Bonchev–Trinajstić information content (AvgIpc) is 2.68. The standard InChI is InChI=1S/C9H16O/c1-3-4-7(2)9(10)8-5-6-8/h3,7-10H,1,4-6H2,2H3. The van der Waals surface area contributed by atoms with E-state index in [4.69, 9.17) is 0 Å². The maximum atomic E-state index is 9.54. The van der Waals surface area contributed by atoms with E-state index < -0.39 is 0 Å². The van der Waals surface area contributed by atoms with Crippen molar-refractivity contribution in [1.82, 2.24) is 0 Å². The second kappa shape index (κ2) is 3.20. The Bertz CT molecular complexity index is 116. The van der Waals surface area contributed by atoms with Gasteiger partial charge in [-0.15, -0.1) is 6.58 Å². The van der Waals surface area contributed by atoms with Gasteiger partial charge in [0.25, 0.3) is 0 Å². The minimum Gasteiger partial charge on any atom is -0.393 e. The van der Waals surface area contributed by atoms with E-state index in [0.29, 0.717) is 11.8 Å². The minimum absolute atomic E-state index is 0.0713. The molecule has 2 atom stereocenters. The van der Waals surface area contributed by atoms with Gasteiger partial charge in [0.1, 0.15) is 0 Å². The predicted molar refractivity (Wildman–Crippen MR) is 42.7 cm³/mol. The fourth-order valence-electron chi connectivity index (χ4n) is 1.30. The summed E-state index contributed by atoms with van der Waals surface area (Å²) < 4.78 is 0. The second-order valence-electron chi connectivity index (χ2n) is 3.33. The van der Waals surface area contributed by atoms with Gasteiger partial charge in [0.15, 0.2) is 0 Å². The maximum absolute atomic E-state index is 9.54. The lowest BCUT2D eigenvalue weighted by Crippen LogP contribution is -2.18. The van der Waals surface area contributed by atoms with Gasteiger partial charge in [-0.25, -0.2) is 0 Å². The molecule has 0 saturated heterocycles. The van der Waals surface area contributed by atoms with Crippen molar-refractivity contribution in [3.8, 4) is 0 Å². The van der Waals surface area contributed by atoms with Crippen LogP contribution < -0.4 is 0 Å². The largest absolute Gasteiger partial charge is 0.393 e. The Balaban J connectivity index is 2.23. The Hall–Kier alpha value is -0.300. The minimum atomic E-state index is -0.0713. The van der Waals surface area contributed by atoms with Crippen LogP contribution in [0, 0.1) is 11.8 Å². The molecule has 1 saturated carbocycles. The zero-order chi connectivity index (χ0) is 7.56. The van der Waals surface area contributed by atoms with Gasteiger partial charge in [0.2, 0.25) is 0 Å². The molecule has 0 radical (unpaired) electrons. The van der Waals surface area contributed by atoms with Crippen LogP contribution >= 0.6 is 0 Å². The highest BCUT2D eigenvalue weighted by molar-refractivity contribution is 4.86. The summed E-state index contributed by atoms with van der Waals surface area (Å²) in [7, 11) is 0. The third kappa shape index (κ3) is 1.84. The van der Waals surface area contributed by atoms with E-state index in [0.717, 1.165) is 6.42 Å². The first kappa shape index (κ1) is 7.80. The summed E-state index contributed by atoms with van der Waals surface area (Å²) in [5.41, 5.74) is 0. The van der Waals surface area contributed by atoms with Crippen molar-refractivity contribution in [1.29, 1.82) is 0 Å². The van der Waals surface area contributed by atoms with Crippen molar-refractivity contribution >= 4 is 0 Å². The van der Waals surface area contributed by atoms with Crippen LogP contribution in [-0.4, -0.2) is 11.2 Å². The molecule has 1 N–H and O–H groups in total. The van der Waals surface area contributed by atoms with Gasteiger partial charge in [-0.05, 0) is 31.1 Å². The fraction of sp³-hybridized carbons (Fsp3) is 0.778. The van der Waals surface area contributed by atoms with Crippen molar-refractivity contribution in [2.24, 2.45) is 11.8 Å².